The van der Waals surface area contributed by atoms with Gasteiger partial charge in [-0.05, 0) is 37.3 Å². The number of ether oxygens (including phenoxy) is 1. The first kappa shape index (κ1) is 18.4. The maximum atomic E-state index is 13.7. The van der Waals surface area contributed by atoms with Gasteiger partial charge in [0.05, 0.1) is 12.3 Å². The highest BCUT2D eigenvalue weighted by Crippen LogP contribution is 2.27. The van der Waals surface area contributed by atoms with Gasteiger partial charge >= 0.3 is 0 Å². The minimum absolute atomic E-state index is 0.0953. The van der Waals surface area contributed by atoms with E-state index in [-0.39, 0.29) is 24.0 Å². The third kappa shape index (κ3) is 4.82. The van der Waals surface area contributed by atoms with Crippen LogP contribution in [0.2, 0.25) is 0 Å². The summed E-state index contributed by atoms with van der Waals surface area (Å²) in [7, 11) is 0. The van der Waals surface area contributed by atoms with Gasteiger partial charge < -0.3 is 15.4 Å². The standard InChI is InChI=1S/C21H20FN3O2/c1-2-27-20-10-6-5-9-18(20)25-16-11-12-23-19(13-16)21(26)24-14-15-7-3-4-8-17(15)22/h3-13H,2,14H2,1H3,(H,23,25)(H,24,26). The highest BCUT2D eigenvalue weighted by Gasteiger charge is 2.10. The lowest BCUT2D eigenvalue weighted by atomic mass is 10.2. The number of carbonyl (C=O) groups is 1. The number of aromatic nitrogens is 1. The minimum Gasteiger partial charge on any atom is -0.492 e. The number of hydrogen-bond donors (Lipinski definition) is 2. The summed E-state index contributed by atoms with van der Waals surface area (Å²) >= 11 is 0. The van der Waals surface area contributed by atoms with Gasteiger partial charge in [0, 0.05) is 24.0 Å². The molecule has 0 spiro atoms. The first-order valence-corrected chi connectivity index (χ1v) is 8.64. The molecule has 5 nitrogen and oxygen atoms in total. The molecule has 138 valence electrons. The van der Waals surface area contributed by atoms with E-state index in [0.29, 0.717) is 17.9 Å². The summed E-state index contributed by atoms with van der Waals surface area (Å²) in [5.41, 5.74) is 2.16. The van der Waals surface area contributed by atoms with Crippen LogP contribution in [0, 0.1) is 5.82 Å². The van der Waals surface area contributed by atoms with Gasteiger partial charge in [0.25, 0.3) is 5.91 Å². The summed E-state index contributed by atoms with van der Waals surface area (Å²) in [5, 5.41) is 5.92. The zero-order valence-electron chi connectivity index (χ0n) is 14.9. The van der Waals surface area contributed by atoms with Gasteiger partial charge in [0.15, 0.2) is 0 Å². The normalized spacial score (nSPS) is 10.3. The van der Waals surface area contributed by atoms with Crippen LogP contribution in [0.1, 0.15) is 23.0 Å². The van der Waals surface area contributed by atoms with E-state index in [1.807, 2.05) is 31.2 Å². The molecule has 0 fully saturated rings. The molecule has 2 N–H and O–H groups in total. The average Bonchev–Trinajstić information content (AvgIpc) is 2.69. The SMILES string of the molecule is CCOc1ccccc1Nc1ccnc(C(=O)NCc2ccccc2F)c1. The molecule has 0 radical (unpaired) electrons. The van der Waals surface area contributed by atoms with Crippen molar-refractivity contribution in [3.8, 4) is 5.75 Å². The smallest absolute Gasteiger partial charge is 0.270 e. The first-order valence-electron chi connectivity index (χ1n) is 8.64. The van der Waals surface area contributed by atoms with Crippen molar-refractivity contribution in [2.75, 3.05) is 11.9 Å². The Kier molecular flexibility index (Phi) is 5.99. The molecule has 0 saturated heterocycles. The Bertz CT molecular complexity index is 931. The zero-order chi connectivity index (χ0) is 19.1. The second kappa shape index (κ2) is 8.80. The summed E-state index contributed by atoms with van der Waals surface area (Å²) in [4.78, 5) is 16.5. The first-order chi connectivity index (χ1) is 13.2. The van der Waals surface area contributed by atoms with Crippen molar-refractivity contribution in [1.82, 2.24) is 10.3 Å². The van der Waals surface area contributed by atoms with Crippen molar-refractivity contribution in [1.29, 1.82) is 0 Å². The van der Waals surface area contributed by atoms with Gasteiger partial charge in [-0.3, -0.25) is 9.78 Å². The third-order valence-corrected chi connectivity index (χ3v) is 3.86. The molecule has 3 rings (SSSR count). The Morgan fingerprint density at radius 3 is 2.70 bits per heavy atom. The molecular formula is C21H20FN3O2. The van der Waals surface area contributed by atoms with Crippen molar-refractivity contribution in [2.45, 2.75) is 13.5 Å². The average molecular weight is 365 g/mol. The number of para-hydroxylation sites is 2. The Morgan fingerprint density at radius 1 is 1.11 bits per heavy atom. The molecule has 0 aliphatic carbocycles. The number of halogens is 1. The van der Waals surface area contributed by atoms with E-state index in [1.165, 1.54) is 6.07 Å². The largest absolute Gasteiger partial charge is 0.492 e. The zero-order valence-corrected chi connectivity index (χ0v) is 14.9. The molecule has 0 atom stereocenters. The lowest BCUT2D eigenvalue weighted by Crippen LogP contribution is -2.24. The molecule has 1 heterocycles. The van der Waals surface area contributed by atoms with Gasteiger partial charge in [0.1, 0.15) is 17.3 Å². The van der Waals surface area contributed by atoms with Crippen LogP contribution in [0.15, 0.2) is 66.9 Å². The molecule has 0 unspecified atom stereocenters. The van der Waals surface area contributed by atoms with Crippen LogP contribution in [0.3, 0.4) is 0 Å². The molecule has 1 aromatic heterocycles. The van der Waals surface area contributed by atoms with Crippen LogP contribution in [0.25, 0.3) is 0 Å². The quantitative estimate of drug-likeness (QED) is 0.655. The summed E-state index contributed by atoms with van der Waals surface area (Å²) in [6, 6.07) is 17.3. The van der Waals surface area contributed by atoms with Gasteiger partial charge in [0.2, 0.25) is 0 Å². The number of pyridine rings is 1. The van der Waals surface area contributed by atoms with Crippen LogP contribution in [0.4, 0.5) is 15.8 Å². The molecule has 2 aromatic carbocycles. The molecule has 0 aliphatic rings. The monoisotopic (exact) mass is 365 g/mol. The second-order valence-electron chi connectivity index (χ2n) is 5.76. The Hall–Kier alpha value is -3.41. The Labute approximate surface area is 157 Å². The van der Waals surface area contributed by atoms with E-state index < -0.39 is 0 Å². The maximum absolute atomic E-state index is 13.7. The van der Waals surface area contributed by atoms with Crippen molar-refractivity contribution >= 4 is 17.3 Å². The van der Waals surface area contributed by atoms with Gasteiger partial charge in [-0.25, -0.2) is 4.39 Å². The summed E-state index contributed by atoms with van der Waals surface area (Å²) in [6.07, 6.45) is 1.55. The predicted molar refractivity (Wildman–Crippen MR) is 103 cm³/mol. The number of nitrogens with one attached hydrogen (secondary N) is 2. The second-order valence-corrected chi connectivity index (χ2v) is 5.76. The fourth-order valence-electron chi connectivity index (χ4n) is 2.55. The van der Waals surface area contributed by atoms with Gasteiger partial charge in [-0.2, -0.15) is 0 Å². The number of amides is 1. The van der Waals surface area contributed by atoms with E-state index in [9.17, 15) is 9.18 Å². The number of anilines is 2. The highest BCUT2D eigenvalue weighted by molar-refractivity contribution is 5.93. The lowest BCUT2D eigenvalue weighted by molar-refractivity contribution is 0.0945. The number of carbonyl (C=O) groups excluding carboxylic acids is 1. The summed E-state index contributed by atoms with van der Waals surface area (Å²) in [6.45, 7) is 2.57. The van der Waals surface area contributed by atoms with Crippen LogP contribution in [-0.4, -0.2) is 17.5 Å². The minimum atomic E-state index is -0.375. The van der Waals surface area contributed by atoms with E-state index in [2.05, 4.69) is 15.6 Å². The molecule has 3 aromatic rings. The third-order valence-electron chi connectivity index (χ3n) is 3.86. The molecule has 6 heteroatoms. The summed E-state index contributed by atoms with van der Waals surface area (Å²) in [5.74, 6) is -0.00364. The molecule has 1 amide bonds. The van der Waals surface area contributed by atoms with Crippen molar-refractivity contribution < 1.29 is 13.9 Å². The number of benzene rings is 2. The van der Waals surface area contributed by atoms with E-state index in [4.69, 9.17) is 4.74 Å². The van der Waals surface area contributed by atoms with E-state index in [0.717, 1.165) is 11.4 Å². The molecule has 0 bridgehead atoms. The number of rotatable bonds is 7. The number of nitrogens with zero attached hydrogens (tertiary/aromatic N) is 1. The van der Waals surface area contributed by atoms with Crippen LogP contribution < -0.4 is 15.4 Å². The van der Waals surface area contributed by atoms with Crippen molar-refractivity contribution in [2.24, 2.45) is 0 Å². The van der Waals surface area contributed by atoms with Gasteiger partial charge in [-0.1, -0.05) is 30.3 Å². The molecular weight excluding hydrogens is 345 g/mol. The Balaban J connectivity index is 1.70. The molecule has 27 heavy (non-hydrogen) atoms. The maximum Gasteiger partial charge on any atom is 0.270 e. The fourth-order valence-corrected chi connectivity index (χ4v) is 2.55. The van der Waals surface area contributed by atoms with E-state index >= 15 is 0 Å². The fraction of sp³-hybridized carbons (Fsp3) is 0.143. The highest BCUT2D eigenvalue weighted by atomic mass is 19.1. The topological polar surface area (TPSA) is 63.2 Å². The van der Waals surface area contributed by atoms with Crippen LogP contribution in [0.5, 0.6) is 5.75 Å². The van der Waals surface area contributed by atoms with Crippen LogP contribution >= 0.6 is 0 Å². The molecule has 0 saturated carbocycles. The van der Waals surface area contributed by atoms with Crippen molar-refractivity contribution in [3.05, 3.63) is 83.9 Å². The van der Waals surface area contributed by atoms with Gasteiger partial charge in [-0.15, -0.1) is 0 Å². The Morgan fingerprint density at radius 2 is 1.89 bits per heavy atom. The van der Waals surface area contributed by atoms with Crippen molar-refractivity contribution in [3.63, 3.8) is 0 Å². The predicted octanol–water partition coefficient (Wildman–Crippen LogP) is 4.29. The summed E-state index contributed by atoms with van der Waals surface area (Å²) < 4.78 is 19.3. The number of hydrogen-bond acceptors (Lipinski definition) is 4. The van der Waals surface area contributed by atoms with E-state index in [1.54, 1.807) is 36.5 Å². The lowest BCUT2D eigenvalue weighted by Gasteiger charge is -2.13. The van der Waals surface area contributed by atoms with Crippen LogP contribution in [-0.2, 0) is 6.54 Å². The molecule has 0 aliphatic heterocycles.